The lowest BCUT2D eigenvalue weighted by Gasteiger charge is -2.34. The molecule has 1 saturated heterocycles. The van der Waals surface area contributed by atoms with Gasteiger partial charge in [-0.3, -0.25) is 9.69 Å². The van der Waals surface area contributed by atoms with Crippen LogP contribution in [0, 0.1) is 6.92 Å². The molecule has 7 heteroatoms. The summed E-state index contributed by atoms with van der Waals surface area (Å²) >= 11 is 0. The number of nitrogens with zero attached hydrogens (tertiary/aromatic N) is 4. The summed E-state index contributed by atoms with van der Waals surface area (Å²) in [5.74, 6) is 2.34. The van der Waals surface area contributed by atoms with E-state index in [0.717, 1.165) is 43.9 Å². The molecule has 1 fully saturated rings. The molecule has 0 saturated carbocycles. The first-order valence-corrected chi connectivity index (χ1v) is 8.56. The summed E-state index contributed by atoms with van der Waals surface area (Å²) in [6, 6.07) is 7.88. The number of hydrogen-bond donors (Lipinski definition) is 0. The Labute approximate surface area is 147 Å². The minimum atomic E-state index is 0.214. The molecule has 1 amide bonds. The Kier molecular flexibility index (Phi) is 5.65. The SMILES string of the molecule is COc1ccc(CCC(=O)N2CCN(Cc3noc(C)n3)CC2)cc1. The van der Waals surface area contributed by atoms with E-state index in [1.165, 1.54) is 0 Å². The Morgan fingerprint density at radius 1 is 1.20 bits per heavy atom. The van der Waals surface area contributed by atoms with Gasteiger partial charge >= 0.3 is 0 Å². The summed E-state index contributed by atoms with van der Waals surface area (Å²) in [5.41, 5.74) is 1.15. The predicted molar refractivity (Wildman–Crippen MR) is 92.2 cm³/mol. The molecule has 25 heavy (non-hydrogen) atoms. The van der Waals surface area contributed by atoms with Crippen molar-refractivity contribution in [1.82, 2.24) is 19.9 Å². The Bertz CT molecular complexity index is 691. The van der Waals surface area contributed by atoms with Crippen LogP contribution in [0.1, 0.15) is 23.7 Å². The zero-order valence-corrected chi connectivity index (χ0v) is 14.8. The molecular formula is C18H24N4O3. The van der Waals surface area contributed by atoms with E-state index >= 15 is 0 Å². The lowest BCUT2D eigenvalue weighted by molar-refractivity contribution is -0.133. The van der Waals surface area contributed by atoms with Crippen molar-refractivity contribution in [1.29, 1.82) is 0 Å². The summed E-state index contributed by atoms with van der Waals surface area (Å²) in [7, 11) is 1.65. The number of methoxy groups -OCH3 is 1. The fraction of sp³-hybridized carbons (Fsp3) is 0.500. The number of carbonyl (C=O) groups excluding carboxylic acids is 1. The van der Waals surface area contributed by atoms with Gasteiger partial charge in [0.1, 0.15) is 5.75 Å². The summed E-state index contributed by atoms with van der Waals surface area (Å²) in [6.45, 7) is 5.63. The van der Waals surface area contributed by atoms with Crippen LogP contribution in [0.4, 0.5) is 0 Å². The number of rotatable bonds is 6. The molecule has 1 aliphatic rings. The average molecular weight is 344 g/mol. The molecule has 1 aromatic heterocycles. The highest BCUT2D eigenvalue weighted by atomic mass is 16.5. The lowest BCUT2D eigenvalue weighted by Crippen LogP contribution is -2.48. The van der Waals surface area contributed by atoms with Crippen LogP contribution in [0.2, 0.25) is 0 Å². The molecule has 0 atom stereocenters. The third-order valence-electron chi connectivity index (χ3n) is 4.45. The van der Waals surface area contributed by atoms with Crippen LogP contribution in [0.15, 0.2) is 28.8 Å². The van der Waals surface area contributed by atoms with Crippen molar-refractivity contribution in [2.45, 2.75) is 26.3 Å². The standard InChI is InChI=1S/C18H24N4O3/c1-14-19-17(20-25-14)13-21-9-11-22(12-10-21)18(23)8-5-15-3-6-16(24-2)7-4-15/h3-4,6-7H,5,8-13H2,1-2H3. The maximum Gasteiger partial charge on any atom is 0.223 e. The van der Waals surface area contributed by atoms with E-state index in [9.17, 15) is 4.79 Å². The molecule has 0 radical (unpaired) electrons. The van der Waals surface area contributed by atoms with Crippen molar-refractivity contribution in [2.75, 3.05) is 33.3 Å². The van der Waals surface area contributed by atoms with Gasteiger partial charge in [-0.05, 0) is 24.1 Å². The number of amides is 1. The van der Waals surface area contributed by atoms with Gasteiger partial charge in [0.15, 0.2) is 5.82 Å². The molecule has 0 N–H and O–H groups in total. The molecule has 0 bridgehead atoms. The fourth-order valence-electron chi connectivity index (χ4n) is 2.96. The zero-order chi connectivity index (χ0) is 17.6. The predicted octanol–water partition coefficient (Wildman–Crippen LogP) is 1.66. The third-order valence-corrected chi connectivity index (χ3v) is 4.45. The topological polar surface area (TPSA) is 71.7 Å². The van der Waals surface area contributed by atoms with Crippen molar-refractivity contribution in [3.63, 3.8) is 0 Å². The first-order chi connectivity index (χ1) is 12.1. The molecule has 1 aromatic carbocycles. The van der Waals surface area contributed by atoms with Gasteiger partial charge in [0.25, 0.3) is 0 Å². The van der Waals surface area contributed by atoms with Crippen LogP contribution in [0.3, 0.4) is 0 Å². The molecule has 3 rings (SSSR count). The van der Waals surface area contributed by atoms with Crippen LogP contribution in [-0.2, 0) is 17.8 Å². The van der Waals surface area contributed by atoms with Gasteiger partial charge in [-0.2, -0.15) is 4.98 Å². The van der Waals surface area contributed by atoms with E-state index < -0.39 is 0 Å². The lowest BCUT2D eigenvalue weighted by atomic mass is 10.1. The first-order valence-electron chi connectivity index (χ1n) is 8.56. The fourth-order valence-corrected chi connectivity index (χ4v) is 2.96. The van der Waals surface area contributed by atoms with Gasteiger partial charge < -0.3 is 14.2 Å². The summed E-state index contributed by atoms with van der Waals surface area (Å²) < 4.78 is 10.1. The number of aromatic nitrogens is 2. The molecule has 0 spiro atoms. The highest BCUT2D eigenvalue weighted by Gasteiger charge is 2.21. The minimum Gasteiger partial charge on any atom is -0.497 e. The van der Waals surface area contributed by atoms with Gasteiger partial charge in [-0.15, -0.1) is 0 Å². The summed E-state index contributed by atoms with van der Waals surface area (Å²) in [5, 5.41) is 3.92. The van der Waals surface area contributed by atoms with E-state index in [1.807, 2.05) is 29.2 Å². The van der Waals surface area contributed by atoms with E-state index in [0.29, 0.717) is 24.7 Å². The first kappa shape index (κ1) is 17.4. The second kappa shape index (κ2) is 8.11. The summed E-state index contributed by atoms with van der Waals surface area (Å²) in [6.07, 6.45) is 1.29. The van der Waals surface area contributed by atoms with E-state index in [4.69, 9.17) is 9.26 Å². The third kappa shape index (κ3) is 4.79. The Morgan fingerprint density at radius 2 is 1.92 bits per heavy atom. The maximum atomic E-state index is 12.4. The van der Waals surface area contributed by atoms with Gasteiger partial charge in [0, 0.05) is 39.5 Å². The van der Waals surface area contributed by atoms with Crippen LogP contribution in [0.25, 0.3) is 0 Å². The van der Waals surface area contributed by atoms with Gasteiger partial charge in [0.05, 0.1) is 13.7 Å². The molecule has 1 aliphatic heterocycles. The van der Waals surface area contributed by atoms with Crippen molar-refractivity contribution in [2.24, 2.45) is 0 Å². The van der Waals surface area contributed by atoms with E-state index in [1.54, 1.807) is 14.0 Å². The van der Waals surface area contributed by atoms with Crippen LogP contribution in [-0.4, -0.2) is 59.1 Å². The smallest absolute Gasteiger partial charge is 0.223 e. The molecular weight excluding hydrogens is 320 g/mol. The molecule has 0 aliphatic carbocycles. The number of ether oxygens (including phenoxy) is 1. The zero-order valence-electron chi connectivity index (χ0n) is 14.8. The monoisotopic (exact) mass is 344 g/mol. The minimum absolute atomic E-state index is 0.214. The van der Waals surface area contributed by atoms with Crippen LogP contribution < -0.4 is 4.74 Å². The molecule has 134 valence electrons. The van der Waals surface area contributed by atoms with Gasteiger partial charge in [0.2, 0.25) is 11.8 Å². The number of benzene rings is 1. The molecule has 2 heterocycles. The molecule has 7 nitrogen and oxygen atoms in total. The second-order valence-electron chi connectivity index (χ2n) is 6.23. The van der Waals surface area contributed by atoms with E-state index in [-0.39, 0.29) is 5.91 Å². The Balaban J connectivity index is 1.41. The summed E-state index contributed by atoms with van der Waals surface area (Å²) in [4.78, 5) is 20.8. The average Bonchev–Trinajstić information content (AvgIpc) is 3.05. The second-order valence-corrected chi connectivity index (χ2v) is 6.23. The van der Waals surface area contributed by atoms with Crippen molar-refractivity contribution >= 4 is 5.91 Å². The van der Waals surface area contributed by atoms with Crippen molar-refractivity contribution in [3.8, 4) is 5.75 Å². The Hall–Kier alpha value is -2.41. The number of piperazine rings is 1. The quantitative estimate of drug-likeness (QED) is 0.794. The van der Waals surface area contributed by atoms with E-state index in [2.05, 4.69) is 15.0 Å². The van der Waals surface area contributed by atoms with Crippen LogP contribution >= 0.6 is 0 Å². The maximum absolute atomic E-state index is 12.4. The van der Waals surface area contributed by atoms with Crippen molar-refractivity contribution < 1.29 is 14.1 Å². The van der Waals surface area contributed by atoms with Crippen molar-refractivity contribution in [3.05, 3.63) is 41.5 Å². The van der Waals surface area contributed by atoms with Crippen LogP contribution in [0.5, 0.6) is 5.75 Å². The largest absolute Gasteiger partial charge is 0.497 e. The number of hydrogen-bond acceptors (Lipinski definition) is 6. The van der Waals surface area contributed by atoms with Gasteiger partial charge in [-0.25, -0.2) is 0 Å². The Morgan fingerprint density at radius 3 is 2.52 bits per heavy atom. The highest BCUT2D eigenvalue weighted by molar-refractivity contribution is 5.76. The normalized spacial score (nSPS) is 15.4. The van der Waals surface area contributed by atoms with Gasteiger partial charge in [-0.1, -0.05) is 17.3 Å². The molecule has 0 unspecified atom stereocenters. The number of aryl methyl sites for hydroxylation is 2. The molecule has 2 aromatic rings. The highest BCUT2D eigenvalue weighted by Crippen LogP contribution is 2.14. The number of carbonyl (C=O) groups is 1.